The molecule has 28 heavy (non-hydrogen) atoms. The lowest BCUT2D eigenvalue weighted by Crippen LogP contribution is -2.34. The summed E-state index contributed by atoms with van der Waals surface area (Å²) in [7, 11) is 0. The molecule has 2 aliphatic carbocycles. The summed E-state index contributed by atoms with van der Waals surface area (Å²) in [6.07, 6.45) is 8.77. The van der Waals surface area contributed by atoms with Gasteiger partial charge in [0, 0.05) is 31.1 Å². The van der Waals surface area contributed by atoms with Gasteiger partial charge in [-0.1, -0.05) is 13.8 Å². The van der Waals surface area contributed by atoms with Gasteiger partial charge < -0.3 is 10.1 Å². The van der Waals surface area contributed by atoms with Crippen LogP contribution in [0.2, 0.25) is 0 Å². The summed E-state index contributed by atoms with van der Waals surface area (Å²) in [6.45, 7) is 11.5. The van der Waals surface area contributed by atoms with E-state index in [4.69, 9.17) is 4.74 Å². The van der Waals surface area contributed by atoms with Gasteiger partial charge in [0.1, 0.15) is 11.4 Å². The van der Waals surface area contributed by atoms with Crippen molar-refractivity contribution in [1.29, 1.82) is 0 Å². The lowest BCUT2D eigenvalue weighted by molar-refractivity contribution is -0.120. The normalized spacial score (nSPS) is 23.0. The first-order valence-electron chi connectivity index (χ1n) is 11.2. The molecule has 1 N–H and O–H groups in total. The largest absolute Gasteiger partial charge is 0.444 e. The van der Waals surface area contributed by atoms with Crippen LogP contribution in [0.25, 0.3) is 0 Å². The standard InChI is InChI=1S/C14H25NO3.C9H15N/c1-10(5-8-12(16)11-6-7-11)9-15-13(17)18-14(2,3)4;1-7-2-5-9(10-6-7)8-3-4-8/h10-11H,5-9H2,1-4H3,(H,15,17);7-8H,2-6H2,1H3/t10-;7-/m00/s1. The molecular weight excluding hydrogens is 352 g/mol. The van der Waals surface area contributed by atoms with Crippen LogP contribution in [0.4, 0.5) is 4.79 Å². The summed E-state index contributed by atoms with van der Waals surface area (Å²) in [5.74, 6) is 2.81. The van der Waals surface area contributed by atoms with E-state index in [9.17, 15) is 9.59 Å². The highest BCUT2D eigenvalue weighted by Gasteiger charge is 2.29. The molecule has 0 aromatic heterocycles. The van der Waals surface area contributed by atoms with Crippen LogP contribution in [-0.2, 0) is 9.53 Å². The molecule has 1 amide bonds. The minimum atomic E-state index is -0.463. The number of amides is 1. The van der Waals surface area contributed by atoms with E-state index in [0.29, 0.717) is 30.6 Å². The number of nitrogens with zero attached hydrogens (tertiary/aromatic N) is 1. The summed E-state index contributed by atoms with van der Waals surface area (Å²) in [4.78, 5) is 27.5. The second-order valence-corrected chi connectivity index (χ2v) is 10.0. The van der Waals surface area contributed by atoms with Crippen molar-refractivity contribution >= 4 is 17.6 Å². The summed E-state index contributed by atoms with van der Waals surface area (Å²) in [6, 6.07) is 0. The van der Waals surface area contributed by atoms with Gasteiger partial charge in [0.05, 0.1) is 0 Å². The van der Waals surface area contributed by atoms with Crippen LogP contribution in [-0.4, -0.2) is 36.3 Å². The molecule has 1 heterocycles. The van der Waals surface area contributed by atoms with E-state index in [2.05, 4.69) is 17.2 Å². The molecule has 0 bridgehead atoms. The van der Waals surface area contributed by atoms with Gasteiger partial charge in [-0.05, 0) is 83.5 Å². The Morgan fingerprint density at radius 1 is 1.18 bits per heavy atom. The number of ketones is 1. The topological polar surface area (TPSA) is 67.8 Å². The minimum absolute atomic E-state index is 0.306. The van der Waals surface area contributed by atoms with Crippen LogP contribution in [0.15, 0.2) is 4.99 Å². The predicted molar refractivity (Wildman–Crippen MR) is 114 cm³/mol. The molecule has 1 aliphatic heterocycles. The van der Waals surface area contributed by atoms with E-state index in [1.807, 2.05) is 27.7 Å². The van der Waals surface area contributed by atoms with E-state index in [-0.39, 0.29) is 6.09 Å². The number of hydrogen-bond acceptors (Lipinski definition) is 4. The lowest BCUT2D eigenvalue weighted by Gasteiger charge is -2.20. The molecule has 160 valence electrons. The van der Waals surface area contributed by atoms with Gasteiger partial charge in [-0.25, -0.2) is 4.79 Å². The number of hydrogen-bond donors (Lipinski definition) is 1. The highest BCUT2D eigenvalue weighted by atomic mass is 16.6. The average molecular weight is 393 g/mol. The Balaban J connectivity index is 0.000000233. The van der Waals surface area contributed by atoms with E-state index in [1.165, 1.54) is 31.4 Å². The Morgan fingerprint density at radius 2 is 1.86 bits per heavy atom. The quantitative estimate of drug-likeness (QED) is 0.649. The molecule has 0 unspecified atom stereocenters. The van der Waals surface area contributed by atoms with Crippen molar-refractivity contribution in [2.24, 2.45) is 28.7 Å². The van der Waals surface area contributed by atoms with Crippen LogP contribution in [0.1, 0.15) is 86.0 Å². The molecule has 5 heteroatoms. The fraction of sp³-hybridized carbons (Fsp3) is 0.870. The Hall–Kier alpha value is -1.39. The first-order valence-corrected chi connectivity index (χ1v) is 11.2. The molecule has 0 aromatic carbocycles. The molecule has 2 saturated carbocycles. The van der Waals surface area contributed by atoms with Crippen molar-refractivity contribution in [1.82, 2.24) is 5.32 Å². The van der Waals surface area contributed by atoms with Gasteiger partial charge in [0.15, 0.2) is 0 Å². The summed E-state index contributed by atoms with van der Waals surface area (Å²) >= 11 is 0. The van der Waals surface area contributed by atoms with E-state index < -0.39 is 5.60 Å². The van der Waals surface area contributed by atoms with E-state index in [1.54, 1.807) is 0 Å². The zero-order chi connectivity index (χ0) is 20.7. The van der Waals surface area contributed by atoms with Crippen molar-refractivity contribution in [3.8, 4) is 0 Å². The second-order valence-electron chi connectivity index (χ2n) is 10.0. The number of nitrogens with one attached hydrogen (secondary N) is 1. The highest BCUT2D eigenvalue weighted by Crippen LogP contribution is 2.34. The molecule has 0 radical (unpaired) electrons. The Kier molecular flexibility index (Phi) is 8.51. The van der Waals surface area contributed by atoms with Crippen LogP contribution in [0, 0.1) is 23.7 Å². The Labute approximate surface area is 171 Å². The van der Waals surface area contributed by atoms with Gasteiger partial charge in [0.2, 0.25) is 0 Å². The zero-order valence-corrected chi connectivity index (χ0v) is 18.6. The third kappa shape index (κ3) is 9.70. The first kappa shape index (κ1) is 22.9. The van der Waals surface area contributed by atoms with Gasteiger partial charge in [0.25, 0.3) is 0 Å². The van der Waals surface area contributed by atoms with Gasteiger partial charge in [-0.15, -0.1) is 0 Å². The van der Waals surface area contributed by atoms with Crippen molar-refractivity contribution in [2.45, 2.75) is 91.6 Å². The molecular formula is C23H40N2O3. The predicted octanol–water partition coefficient (Wildman–Crippen LogP) is 5.17. The monoisotopic (exact) mass is 392 g/mol. The maximum atomic E-state index is 11.5. The van der Waals surface area contributed by atoms with E-state index >= 15 is 0 Å². The molecule has 5 nitrogen and oxygen atoms in total. The van der Waals surface area contributed by atoms with Gasteiger partial charge in [-0.3, -0.25) is 9.79 Å². The molecule has 3 rings (SSSR count). The smallest absolute Gasteiger partial charge is 0.407 e. The number of Topliss-reactive ketones (excluding diaryl/α,β-unsaturated/α-hetero) is 1. The van der Waals surface area contributed by atoms with Crippen LogP contribution in [0.5, 0.6) is 0 Å². The van der Waals surface area contributed by atoms with Crippen molar-refractivity contribution < 1.29 is 14.3 Å². The zero-order valence-electron chi connectivity index (χ0n) is 18.6. The first-order chi connectivity index (χ1) is 13.1. The van der Waals surface area contributed by atoms with Crippen molar-refractivity contribution in [3.63, 3.8) is 0 Å². The van der Waals surface area contributed by atoms with Gasteiger partial charge in [-0.2, -0.15) is 0 Å². The Morgan fingerprint density at radius 3 is 2.36 bits per heavy atom. The van der Waals surface area contributed by atoms with E-state index in [0.717, 1.165) is 37.6 Å². The number of alkyl carbamates (subject to hydrolysis) is 1. The molecule has 0 aromatic rings. The average Bonchev–Trinajstić information content (AvgIpc) is 3.48. The maximum Gasteiger partial charge on any atom is 0.407 e. The van der Waals surface area contributed by atoms with Crippen LogP contribution in [0.3, 0.4) is 0 Å². The minimum Gasteiger partial charge on any atom is -0.444 e. The fourth-order valence-electron chi connectivity index (χ4n) is 3.26. The van der Waals surface area contributed by atoms with Gasteiger partial charge >= 0.3 is 6.09 Å². The molecule has 0 saturated heterocycles. The SMILES string of the molecule is C[C@@H](CCC(=O)C1CC1)CNC(=O)OC(C)(C)C.C[C@H]1CCC(C2CC2)=NC1. The van der Waals surface area contributed by atoms with Crippen LogP contribution >= 0.6 is 0 Å². The number of ether oxygens (including phenoxy) is 1. The molecule has 2 atom stereocenters. The Bertz CT molecular complexity index is 557. The van der Waals surface area contributed by atoms with Crippen molar-refractivity contribution in [3.05, 3.63) is 0 Å². The summed E-state index contributed by atoms with van der Waals surface area (Å²) < 4.78 is 5.14. The second kappa shape index (κ2) is 10.4. The summed E-state index contributed by atoms with van der Waals surface area (Å²) in [5.41, 5.74) is 1.08. The number of aliphatic imine (C=N–C) groups is 1. The molecule has 3 aliphatic rings. The number of carbonyl (C=O) groups is 2. The fourth-order valence-corrected chi connectivity index (χ4v) is 3.26. The third-order valence-corrected chi connectivity index (χ3v) is 5.46. The third-order valence-electron chi connectivity index (χ3n) is 5.46. The summed E-state index contributed by atoms with van der Waals surface area (Å²) in [5, 5.41) is 2.74. The van der Waals surface area contributed by atoms with Crippen LogP contribution < -0.4 is 5.32 Å². The highest BCUT2D eigenvalue weighted by molar-refractivity contribution is 5.89. The maximum absolute atomic E-state index is 11.5. The lowest BCUT2D eigenvalue weighted by atomic mass is 9.98. The number of rotatable bonds is 7. The molecule has 0 spiro atoms. The van der Waals surface area contributed by atoms with Crippen molar-refractivity contribution in [2.75, 3.05) is 13.1 Å². The molecule has 2 fully saturated rings. The number of carbonyl (C=O) groups excluding carboxylic acids is 2.